The van der Waals surface area contributed by atoms with Crippen LogP contribution in [-0.4, -0.2) is 37.3 Å². The van der Waals surface area contributed by atoms with E-state index in [4.69, 9.17) is 0 Å². The number of carbonyl (C=O) groups is 1. The number of nitrogens with zero attached hydrogens (tertiary/aromatic N) is 1. The van der Waals surface area contributed by atoms with Crippen LogP contribution in [0.5, 0.6) is 0 Å². The van der Waals surface area contributed by atoms with E-state index in [0.717, 1.165) is 23.5 Å². The van der Waals surface area contributed by atoms with Gasteiger partial charge in [-0.3, -0.25) is 9.79 Å². The zero-order chi connectivity index (χ0) is 19.8. The van der Waals surface area contributed by atoms with E-state index in [-0.39, 0.29) is 41.6 Å². The quantitative estimate of drug-likeness (QED) is 0.166. The first-order valence-electron chi connectivity index (χ1n) is 9.45. The maximum absolute atomic E-state index is 13.7. The van der Waals surface area contributed by atoms with Crippen molar-refractivity contribution in [2.75, 3.05) is 30.7 Å². The number of amides is 1. The largest absolute Gasteiger partial charge is 0.357 e. The molecule has 0 saturated heterocycles. The molecule has 29 heavy (non-hydrogen) atoms. The van der Waals surface area contributed by atoms with Crippen LogP contribution in [0.2, 0.25) is 0 Å². The van der Waals surface area contributed by atoms with Crippen LogP contribution in [-0.2, 0) is 4.79 Å². The van der Waals surface area contributed by atoms with Gasteiger partial charge in [0.2, 0.25) is 5.91 Å². The lowest BCUT2D eigenvalue weighted by atomic mass is 9.91. The summed E-state index contributed by atoms with van der Waals surface area (Å²) in [6, 6.07) is 14.6. The number of carbonyl (C=O) groups excluding carboxylic acids is 1. The summed E-state index contributed by atoms with van der Waals surface area (Å²) in [6.45, 7) is 3.94. The summed E-state index contributed by atoms with van der Waals surface area (Å²) >= 11 is 1.47. The molecule has 2 aromatic rings. The van der Waals surface area contributed by atoms with Gasteiger partial charge in [-0.25, -0.2) is 4.39 Å². The number of hydrogen-bond acceptors (Lipinski definition) is 3. The molecule has 0 saturated carbocycles. The fourth-order valence-corrected chi connectivity index (χ4v) is 3.90. The van der Waals surface area contributed by atoms with Gasteiger partial charge < -0.3 is 16.0 Å². The molecule has 1 aliphatic rings. The standard InChI is InChI=1S/C21H25FN4OS.HI/c1-2-23-21(24-11-12-28-19-10-6-4-8-17(19)22)25-14-15-13-20(27)26-18-9-5-3-7-16(15)18;/h3-10,15H,2,11-14H2,1H3,(H,26,27)(H2,23,24,25);1H. The second-order valence-corrected chi connectivity index (χ2v) is 7.60. The van der Waals surface area contributed by atoms with E-state index in [2.05, 4.69) is 20.9 Å². The molecule has 0 aromatic heterocycles. The summed E-state index contributed by atoms with van der Waals surface area (Å²) in [7, 11) is 0. The Morgan fingerprint density at radius 2 is 1.97 bits per heavy atom. The van der Waals surface area contributed by atoms with E-state index < -0.39 is 0 Å². The fourth-order valence-electron chi connectivity index (χ4n) is 3.10. The Kier molecular flexibility index (Phi) is 9.72. The van der Waals surface area contributed by atoms with Gasteiger partial charge in [0.05, 0.1) is 6.54 Å². The summed E-state index contributed by atoms with van der Waals surface area (Å²) in [5, 5.41) is 9.42. The maximum Gasteiger partial charge on any atom is 0.225 e. The molecule has 8 heteroatoms. The molecule has 5 nitrogen and oxygen atoms in total. The first-order chi connectivity index (χ1) is 13.7. The van der Waals surface area contributed by atoms with Crippen LogP contribution >= 0.6 is 35.7 Å². The Balaban J connectivity index is 0.00000300. The minimum Gasteiger partial charge on any atom is -0.357 e. The number of fused-ring (bicyclic) bond motifs is 1. The highest BCUT2D eigenvalue weighted by atomic mass is 127. The number of thioether (sulfide) groups is 1. The molecule has 1 amide bonds. The van der Waals surface area contributed by atoms with Crippen LogP contribution in [0, 0.1) is 5.82 Å². The molecular formula is C21H26FIN4OS. The lowest BCUT2D eigenvalue weighted by molar-refractivity contribution is -0.116. The molecule has 0 radical (unpaired) electrons. The Morgan fingerprint density at radius 3 is 2.76 bits per heavy atom. The number of para-hydroxylation sites is 1. The Labute approximate surface area is 192 Å². The van der Waals surface area contributed by atoms with E-state index in [1.165, 1.54) is 17.8 Å². The van der Waals surface area contributed by atoms with Crippen molar-refractivity contribution in [1.82, 2.24) is 10.6 Å². The molecule has 3 rings (SSSR count). The second-order valence-electron chi connectivity index (χ2n) is 6.46. The average molecular weight is 528 g/mol. The third-order valence-electron chi connectivity index (χ3n) is 4.41. The van der Waals surface area contributed by atoms with Gasteiger partial charge in [0.15, 0.2) is 5.96 Å². The van der Waals surface area contributed by atoms with E-state index in [1.807, 2.05) is 37.3 Å². The molecule has 0 fully saturated rings. The number of guanidine groups is 1. The third-order valence-corrected chi connectivity index (χ3v) is 5.46. The second kappa shape index (κ2) is 12.0. The first-order valence-corrected chi connectivity index (χ1v) is 10.4. The highest BCUT2D eigenvalue weighted by Crippen LogP contribution is 2.32. The van der Waals surface area contributed by atoms with Crippen molar-refractivity contribution in [3.05, 3.63) is 59.9 Å². The lowest BCUT2D eigenvalue weighted by Crippen LogP contribution is -2.39. The normalized spacial score (nSPS) is 15.7. The van der Waals surface area contributed by atoms with Gasteiger partial charge in [-0.1, -0.05) is 30.3 Å². The van der Waals surface area contributed by atoms with E-state index in [9.17, 15) is 9.18 Å². The van der Waals surface area contributed by atoms with E-state index in [0.29, 0.717) is 30.4 Å². The minimum absolute atomic E-state index is 0. The zero-order valence-corrected chi connectivity index (χ0v) is 19.4. The Bertz CT molecular complexity index is 849. The zero-order valence-electron chi connectivity index (χ0n) is 16.3. The number of anilines is 1. The van der Waals surface area contributed by atoms with Crippen LogP contribution < -0.4 is 16.0 Å². The van der Waals surface area contributed by atoms with Gasteiger partial charge in [0, 0.05) is 41.8 Å². The summed E-state index contributed by atoms with van der Waals surface area (Å²) < 4.78 is 13.7. The number of nitrogens with one attached hydrogen (secondary N) is 3. The monoisotopic (exact) mass is 528 g/mol. The molecule has 1 atom stereocenters. The molecular weight excluding hydrogens is 502 g/mol. The maximum atomic E-state index is 13.7. The summed E-state index contributed by atoms with van der Waals surface area (Å²) in [4.78, 5) is 17.3. The Hall–Kier alpha value is -1.81. The lowest BCUT2D eigenvalue weighted by Gasteiger charge is -2.24. The topological polar surface area (TPSA) is 65.5 Å². The highest BCUT2D eigenvalue weighted by molar-refractivity contribution is 14.0. The van der Waals surface area contributed by atoms with Crippen molar-refractivity contribution in [2.24, 2.45) is 4.99 Å². The molecule has 1 heterocycles. The predicted octanol–water partition coefficient (Wildman–Crippen LogP) is 4.22. The van der Waals surface area contributed by atoms with Crippen LogP contribution in [0.3, 0.4) is 0 Å². The van der Waals surface area contributed by atoms with Crippen LogP contribution in [0.4, 0.5) is 10.1 Å². The number of hydrogen-bond donors (Lipinski definition) is 3. The summed E-state index contributed by atoms with van der Waals surface area (Å²) in [5.74, 6) is 1.33. The van der Waals surface area contributed by atoms with Gasteiger partial charge in [0.1, 0.15) is 5.82 Å². The third kappa shape index (κ3) is 6.88. The SMILES string of the molecule is CCNC(=NCC1CC(=O)Nc2ccccc21)NCCSc1ccccc1F.I. The predicted molar refractivity (Wildman–Crippen MR) is 129 cm³/mol. The van der Waals surface area contributed by atoms with Gasteiger partial charge in [-0.15, -0.1) is 35.7 Å². The number of benzene rings is 2. The average Bonchev–Trinajstić information content (AvgIpc) is 2.70. The molecule has 0 bridgehead atoms. The van der Waals surface area contributed by atoms with Gasteiger partial charge in [-0.2, -0.15) is 0 Å². The van der Waals surface area contributed by atoms with Crippen molar-refractivity contribution in [3.63, 3.8) is 0 Å². The van der Waals surface area contributed by atoms with E-state index >= 15 is 0 Å². The number of halogens is 2. The smallest absolute Gasteiger partial charge is 0.225 e. The molecule has 0 aliphatic carbocycles. The van der Waals surface area contributed by atoms with Crippen molar-refractivity contribution < 1.29 is 9.18 Å². The van der Waals surface area contributed by atoms with Gasteiger partial charge in [0.25, 0.3) is 0 Å². The molecule has 3 N–H and O–H groups in total. The summed E-state index contributed by atoms with van der Waals surface area (Å²) in [6.07, 6.45) is 0.434. The minimum atomic E-state index is -0.192. The highest BCUT2D eigenvalue weighted by Gasteiger charge is 2.24. The Morgan fingerprint density at radius 1 is 1.21 bits per heavy atom. The van der Waals surface area contributed by atoms with Crippen molar-refractivity contribution in [3.8, 4) is 0 Å². The van der Waals surface area contributed by atoms with E-state index in [1.54, 1.807) is 12.1 Å². The summed E-state index contributed by atoms with van der Waals surface area (Å²) in [5.41, 5.74) is 2.00. The van der Waals surface area contributed by atoms with Crippen molar-refractivity contribution >= 4 is 53.3 Å². The number of aliphatic imine (C=N–C) groups is 1. The fraction of sp³-hybridized carbons (Fsp3) is 0.333. The molecule has 0 spiro atoms. The molecule has 1 aliphatic heterocycles. The van der Waals surface area contributed by atoms with Gasteiger partial charge >= 0.3 is 0 Å². The number of rotatable bonds is 7. The van der Waals surface area contributed by atoms with Crippen LogP contribution in [0.1, 0.15) is 24.8 Å². The van der Waals surface area contributed by atoms with Crippen LogP contribution in [0.15, 0.2) is 58.4 Å². The first kappa shape index (κ1) is 23.5. The van der Waals surface area contributed by atoms with Crippen LogP contribution in [0.25, 0.3) is 0 Å². The van der Waals surface area contributed by atoms with Gasteiger partial charge in [-0.05, 0) is 30.7 Å². The van der Waals surface area contributed by atoms with Crippen molar-refractivity contribution in [2.45, 2.75) is 24.2 Å². The van der Waals surface area contributed by atoms with Crippen molar-refractivity contribution in [1.29, 1.82) is 0 Å². The molecule has 156 valence electrons. The molecule has 2 aromatic carbocycles. The molecule has 1 unspecified atom stereocenters.